The molecule has 0 aromatic rings. The first-order chi connectivity index (χ1) is 37.5. The molecule has 76 heavy (non-hydrogen) atoms. The maximum Gasteiger partial charge on any atom is 0.306 e. The summed E-state index contributed by atoms with van der Waals surface area (Å²) in [6.07, 6.45) is 84.6. The van der Waals surface area contributed by atoms with Crippen LogP contribution in [-0.2, 0) is 28.6 Å². The minimum atomic E-state index is -0.785. The smallest absolute Gasteiger partial charge is 0.306 e. The predicted octanol–water partition coefficient (Wildman–Crippen LogP) is 22.3. The second kappa shape index (κ2) is 64.1. The van der Waals surface area contributed by atoms with Crippen LogP contribution in [0.3, 0.4) is 0 Å². The van der Waals surface area contributed by atoms with Gasteiger partial charge in [0.05, 0.1) is 0 Å². The number of allylic oxidation sites excluding steroid dienone is 14. The van der Waals surface area contributed by atoms with Gasteiger partial charge in [0.2, 0.25) is 0 Å². The van der Waals surface area contributed by atoms with Gasteiger partial charge in [-0.15, -0.1) is 0 Å². The third-order valence-electron chi connectivity index (χ3n) is 14.1. The molecule has 6 nitrogen and oxygen atoms in total. The third-order valence-corrected chi connectivity index (χ3v) is 14.1. The van der Waals surface area contributed by atoms with Crippen LogP contribution in [0.2, 0.25) is 0 Å². The predicted molar refractivity (Wildman–Crippen MR) is 330 cm³/mol. The van der Waals surface area contributed by atoms with Crippen molar-refractivity contribution in [1.29, 1.82) is 0 Å². The van der Waals surface area contributed by atoms with Crippen molar-refractivity contribution in [2.45, 2.75) is 329 Å². The zero-order valence-corrected chi connectivity index (χ0v) is 50.3. The standard InChI is InChI=1S/C70H122O6/c1-4-7-10-13-16-19-22-24-26-28-30-32-34-35-37-38-40-42-44-46-48-51-54-57-60-63-69(72)75-66-67(65-74-68(71)62-59-56-53-50-21-18-15-12-9-6-3)76-70(73)64-61-58-55-52-49-47-45-43-41-39-36-33-31-29-27-25-23-20-17-14-11-8-5-2/h7,10,12,15-16,19,24,26,30,32,35,37,40,42,67H,4-6,8-9,11,13-14,17-18,20-23,25,27-29,31,33-34,36,38-39,41,43-66H2,1-3H3/b10-7-,15-12-,19-16-,26-24-,32-30-,37-35-,42-40-. The van der Waals surface area contributed by atoms with Gasteiger partial charge in [0.1, 0.15) is 13.2 Å². The van der Waals surface area contributed by atoms with E-state index < -0.39 is 6.10 Å². The van der Waals surface area contributed by atoms with Crippen molar-refractivity contribution in [2.24, 2.45) is 0 Å². The fraction of sp³-hybridized carbons (Fsp3) is 0.757. The Balaban J connectivity index is 4.26. The molecule has 0 aromatic heterocycles. The first-order valence-electron chi connectivity index (χ1n) is 32.6. The number of rotatable bonds is 59. The van der Waals surface area contributed by atoms with E-state index in [-0.39, 0.29) is 31.1 Å². The molecule has 1 atom stereocenters. The lowest BCUT2D eigenvalue weighted by Crippen LogP contribution is -2.30. The molecule has 0 saturated heterocycles. The first kappa shape index (κ1) is 72.6. The molecule has 0 N–H and O–H groups in total. The summed E-state index contributed by atoms with van der Waals surface area (Å²) in [5.74, 6) is -0.895. The van der Waals surface area contributed by atoms with Crippen molar-refractivity contribution in [3.05, 3.63) is 85.1 Å². The van der Waals surface area contributed by atoms with Crippen LogP contribution in [0.25, 0.3) is 0 Å². The van der Waals surface area contributed by atoms with E-state index in [9.17, 15) is 14.4 Å². The molecule has 0 aliphatic heterocycles. The molecule has 438 valence electrons. The maximum atomic E-state index is 12.9. The minimum absolute atomic E-state index is 0.0834. The van der Waals surface area contributed by atoms with Crippen molar-refractivity contribution >= 4 is 17.9 Å². The highest BCUT2D eigenvalue weighted by molar-refractivity contribution is 5.71. The Hall–Kier alpha value is -3.41. The van der Waals surface area contributed by atoms with Crippen LogP contribution in [-0.4, -0.2) is 37.2 Å². The Morgan fingerprint density at radius 3 is 0.868 bits per heavy atom. The quantitative estimate of drug-likeness (QED) is 0.0261. The number of ether oxygens (including phenoxy) is 3. The third kappa shape index (κ3) is 61.4. The lowest BCUT2D eigenvalue weighted by molar-refractivity contribution is -0.167. The molecule has 0 amide bonds. The number of hydrogen-bond acceptors (Lipinski definition) is 6. The number of esters is 3. The summed E-state index contributed by atoms with van der Waals surface area (Å²) >= 11 is 0. The Bertz CT molecular complexity index is 1450. The highest BCUT2D eigenvalue weighted by Crippen LogP contribution is 2.17. The van der Waals surface area contributed by atoms with Gasteiger partial charge in [-0.25, -0.2) is 0 Å². The highest BCUT2D eigenvalue weighted by Gasteiger charge is 2.19. The summed E-state index contributed by atoms with van der Waals surface area (Å²) in [7, 11) is 0. The molecule has 0 aliphatic carbocycles. The molecule has 6 heteroatoms. The second-order valence-electron chi connectivity index (χ2n) is 21.6. The molecule has 0 saturated carbocycles. The van der Waals surface area contributed by atoms with Crippen LogP contribution in [0.1, 0.15) is 323 Å². The number of carbonyl (C=O) groups excluding carboxylic acids is 3. The molecule has 0 heterocycles. The molecule has 0 aliphatic rings. The Kier molecular flexibility index (Phi) is 61.2. The molecule has 0 spiro atoms. The Morgan fingerprint density at radius 1 is 0.276 bits per heavy atom. The lowest BCUT2D eigenvalue weighted by Gasteiger charge is -2.18. The Morgan fingerprint density at radius 2 is 0.539 bits per heavy atom. The minimum Gasteiger partial charge on any atom is -0.462 e. The molecule has 0 fully saturated rings. The van der Waals surface area contributed by atoms with Gasteiger partial charge in [-0.2, -0.15) is 0 Å². The molecular formula is C70H122O6. The van der Waals surface area contributed by atoms with E-state index in [1.807, 2.05) is 0 Å². The van der Waals surface area contributed by atoms with Crippen molar-refractivity contribution in [3.63, 3.8) is 0 Å². The van der Waals surface area contributed by atoms with Gasteiger partial charge in [0.15, 0.2) is 6.10 Å². The molecule has 0 rings (SSSR count). The number of unbranched alkanes of at least 4 members (excludes halogenated alkanes) is 34. The van der Waals surface area contributed by atoms with Crippen LogP contribution in [0, 0.1) is 0 Å². The van der Waals surface area contributed by atoms with Gasteiger partial charge in [-0.3, -0.25) is 14.4 Å². The van der Waals surface area contributed by atoms with E-state index in [2.05, 4.69) is 106 Å². The van der Waals surface area contributed by atoms with Crippen molar-refractivity contribution in [3.8, 4) is 0 Å². The topological polar surface area (TPSA) is 78.9 Å². The number of hydrogen-bond donors (Lipinski definition) is 0. The highest BCUT2D eigenvalue weighted by atomic mass is 16.6. The first-order valence-corrected chi connectivity index (χ1v) is 32.6. The largest absolute Gasteiger partial charge is 0.462 e. The summed E-state index contributed by atoms with van der Waals surface area (Å²) in [6.45, 7) is 6.48. The van der Waals surface area contributed by atoms with Gasteiger partial charge < -0.3 is 14.2 Å². The van der Waals surface area contributed by atoms with Crippen LogP contribution in [0.4, 0.5) is 0 Å². The SMILES string of the molecule is CC/C=C\C/C=C\C/C=C\C/C=C\C/C=C\C/C=C\CCCCCCCCC(=O)OCC(COC(=O)CCCCCCC/C=C\CCC)OC(=O)CCCCCCCCCCCCCCCCCCCCCCCCC. The van der Waals surface area contributed by atoms with E-state index >= 15 is 0 Å². The van der Waals surface area contributed by atoms with Gasteiger partial charge in [-0.05, 0) is 89.9 Å². The summed E-state index contributed by atoms with van der Waals surface area (Å²) < 4.78 is 16.9. The van der Waals surface area contributed by atoms with Crippen LogP contribution in [0.5, 0.6) is 0 Å². The normalized spacial score (nSPS) is 12.6. The van der Waals surface area contributed by atoms with Crippen molar-refractivity contribution < 1.29 is 28.6 Å². The van der Waals surface area contributed by atoms with Crippen LogP contribution >= 0.6 is 0 Å². The van der Waals surface area contributed by atoms with Crippen molar-refractivity contribution in [2.75, 3.05) is 13.2 Å². The van der Waals surface area contributed by atoms with Gasteiger partial charge >= 0.3 is 17.9 Å². The van der Waals surface area contributed by atoms with E-state index in [0.717, 1.165) is 122 Å². The van der Waals surface area contributed by atoms with E-state index in [4.69, 9.17) is 14.2 Å². The average molecular weight is 1060 g/mol. The summed E-state index contributed by atoms with van der Waals surface area (Å²) in [4.78, 5) is 38.2. The van der Waals surface area contributed by atoms with Crippen molar-refractivity contribution in [1.82, 2.24) is 0 Å². The molecule has 0 radical (unpaired) electrons. The number of carbonyl (C=O) groups is 3. The summed E-state index contributed by atoms with van der Waals surface area (Å²) in [5, 5.41) is 0. The zero-order valence-electron chi connectivity index (χ0n) is 50.3. The zero-order chi connectivity index (χ0) is 55.0. The van der Waals surface area contributed by atoms with Crippen LogP contribution in [0.15, 0.2) is 85.1 Å². The van der Waals surface area contributed by atoms with E-state index in [0.29, 0.717) is 19.3 Å². The fourth-order valence-electron chi connectivity index (χ4n) is 9.27. The molecule has 0 bridgehead atoms. The Labute approximate surface area is 471 Å². The molecule has 1 unspecified atom stereocenters. The summed E-state index contributed by atoms with van der Waals surface area (Å²) in [5.41, 5.74) is 0. The monoisotopic (exact) mass is 1060 g/mol. The second-order valence-corrected chi connectivity index (χ2v) is 21.6. The lowest BCUT2D eigenvalue weighted by atomic mass is 10.0. The van der Waals surface area contributed by atoms with Gasteiger partial charge in [0.25, 0.3) is 0 Å². The van der Waals surface area contributed by atoms with E-state index in [1.54, 1.807) is 0 Å². The van der Waals surface area contributed by atoms with Crippen LogP contribution < -0.4 is 0 Å². The molecule has 0 aromatic carbocycles. The molecular weight excluding hydrogens is 937 g/mol. The van der Waals surface area contributed by atoms with Gasteiger partial charge in [-0.1, -0.05) is 298 Å². The van der Waals surface area contributed by atoms with Gasteiger partial charge in [0, 0.05) is 19.3 Å². The van der Waals surface area contributed by atoms with E-state index in [1.165, 1.54) is 161 Å². The maximum absolute atomic E-state index is 12.9. The summed E-state index contributed by atoms with van der Waals surface area (Å²) in [6, 6.07) is 0. The average Bonchev–Trinajstić information content (AvgIpc) is 3.42. The fourth-order valence-corrected chi connectivity index (χ4v) is 9.27.